The first-order valence-electron chi connectivity index (χ1n) is 4.24. The number of benzene rings is 1. The monoisotopic (exact) mass is 222 g/mol. The van der Waals surface area contributed by atoms with Crippen LogP contribution in [0, 0.1) is 0 Å². The Morgan fingerprint density at radius 1 is 1.25 bits per heavy atom. The number of hydrogen-bond donors (Lipinski definition) is 4. The Hall–Kier alpha value is -2.57. The fourth-order valence-electron chi connectivity index (χ4n) is 1.04. The van der Waals surface area contributed by atoms with E-state index in [4.69, 9.17) is 16.7 Å². The van der Waals surface area contributed by atoms with Crippen LogP contribution in [0.2, 0.25) is 0 Å². The molecule has 0 atom stereocenters. The molecule has 0 heterocycles. The van der Waals surface area contributed by atoms with Crippen LogP contribution in [0.4, 0.5) is 5.69 Å². The van der Waals surface area contributed by atoms with Gasteiger partial charge in [0.05, 0.1) is 11.3 Å². The van der Waals surface area contributed by atoms with E-state index in [0.717, 1.165) is 0 Å². The summed E-state index contributed by atoms with van der Waals surface area (Å²) in [6.07, 6.45) is 0. The van der Waals surface area contributed by atoms with Crippen molar-refractivity contribution in [3.63, 3.8) is 0 Å². The van der Waals surface area contributed by atoms with E-state index >= 15 is 0 Å². The van der Waals surface area contributed by atoms with E-state index in [9.17, 15) is 9.59 Å². The molecule has 7 heteroatoms. The summed E-state index contributed by atoms with van der Waals surface area (Å²) in [6.45, 7) is 0. The Morgan fingerprint density at radius 2 is 1.88 bits per heavy atom. The van der Waals surface area contributed by atoms with Crippen LogP contribution < -0.4 is 16.8 Å². The molecule has 7 nitrogen and oxygen atoms in total. The molecule has 0 saturated carbocycles. The smallest absolute Gasteiger partial charge is 0.294 e. The summed E-state index contributed by atoms with van der Waals surface area (Å²) in [5.74, 6) is -2.12. The van der Waals surface area contributed by atoms with Crippen LogP contribution in [0.15, 0.2) is 29.4 Å². The molecular formula is C9H10N4O3. The summed E-state index contributed by atoms with van der Waals surface area (Å²) in [5, 5.41) is 13.1. The van der Waals surface area contributed by atoms with Crippen LogP contribution in [0.1, 0.15) is 10.4 Å². The number of carbonyl (C=O) groups is 2. The second-order valence-corrected chi connectivity index (χ2v) is 2.85. The van der Waals surface area contributed by atoms with Gasteiger partial charge in [-0.3, -0.25) is 9.59 Å². The molecular weight excluding hydrogens is 212 g/mol. The minimum atomic E-state index is -0.823. The Morgan fingerprint density at radius 3 is 2.44 bits per heavy atom. The lowest BCUT2D eigenvalue weighted by Gasteiger charge is -2.07. The fraction of sp³-hybridized carbons (Fsp3) is 0. The van der Waals surface area contributed by atoms with Gasteiger partial charge in [0.15, 0.2) is 0 Å². The molecule has 0 aromatic heterocycles. The van der Waals surface area contributed by atoms with Gasteiger partial charge in [-0.2, -0.15) is 0 Å². The Labute approximate surface area is 90.7 Å². The van der Waals surface area contributed by atoms with Crippen LogP contribution in [0.5, 0.6) is 0 Å². The first kappa shape index (κ1) is 11.5. The Balaban J connectivity index is 2.98. The zero-order valence-electron chi connectivity index (χ0n) is 8.18. The molecule has 84 valence electrons. The number of amides is 2. The van der Waals surface area contributed by atoms with Gasteiger partial charge in [-0.1, -0.05) is 17.3 Å². The molecule has 0 bridgehead atoms. The SMILES string of the molecule is NC(=O)c1ccccc1NC(=O)/C(N)=N\O. The zero-order valence-corrected chi connectivity index (χ0v) is 8.18. The quantitative estimate of drug-likeness (QED) is 0.232. The topological polar surface area (TPSA) is 131 Å². The molecule has 0 saturated heterocycles. The van der Waals surface area contributed by atoms with Crippen LogP contribution in [0.25, 0.3) is 0 Å². The molecule has 2 amide bonds. The zero-order chi connectivity index (χ0) is 12.1. The van der Waals surface area contributed by atoms with Crippen LogP contribution in [0.3, 0.4) is 0 Å². The van der Waals surface area contributed by atoms with Crippen molar-refractivity contribution in [3.05, 3.63) is 29.8 Å². The lowest BCUT2D eigenvalue weighted by Crippen LogP contribution is -2.31. The average molecular weight is 222 g/mol. The third kappa shape index (κ3) is 2.47. The van der Waals surface area contributed by atoms with E-state index in [1.807, 2.05) is 0 Å². The molecule has 0 unspecified atom stereocenters. The van der Waals surface area contributed by atoms with Gasteiger partial charge >= 0.3 is 0 Å². The molecule has 16 heavy (non-hydrogen) atoms. The third-order valence-electron chi connectivity index (χ3n) is 1.78. The number of rotatable bonds is 2. The molecule has 0 aliphatic carbocycles. The standard InChI is InChI=1S/C9H10N4O3/c10-7(13-16)9(15)12-6-4-2-1-3-5(6)8(11)14/h1-4,16H,(H2,10,13)(H2,11,14)(H,12,15). The highest BCUT2D eigenvalue weighted by Gasteiger charge is 2.12. The van der Waals surface area contributed by atoms with Crippen LogP contribution in [-0.2, 0) is 4.79 Å². The molecule has 1 aromatic carbocycles. The van der Waals surface area contributed by atoms with Gasteiger partial charge in [0, 0.05) is 0 Å². The molecule has 6 N–H and O–H groups in total. The van der Waals surface area contributed by atoms with E-state index < -0.39 is 17.6 Å². The maximum absolute atomic E-state index is 11.2. The fourth-order valence-corrected chi connectivity index (χ4v) is 1.04. The number of nitrogens with one attached hydrogen (secondary N) is 1. The highest BCUT2D eigenvalue weighted by atomic mass is 16.4. The largest absolute Gasteiger partial charge is 0.409 e. The van der Waals surface area contributed by atoms with Crippen molar-refractivity contribution in [2.24, 2.45) is 16.6 Å². The number of hydrogen-bond acceptors (Lipinski definition) is 4. The van der Waals surface area contributed by atoms with Gasteiger partial charge in [0.25, 0.3) is 11.8 Å². The van der Waals surface area contributed by atoms with E-state index in [2.05, 4.69) is 10.5 Å². The van der Waals surface area contributed by atoms with Gasteiger partial charge in [0.1, 0.15) is 0 Å². The lowest BCUT2D eigenvalue weighted by atomic mass is 10.1. The van der Waals surface area contributed by atoms with Crippen molar-refractivity contribution in [1.29, 1.82) is 0 Å². The average Bonchev–Trinajstić information content (AvgIpc) is 2.28. The third-order valence-corrected chi connectivity index (χ3v) is 1.78. The van der Waals surface area contributed by atoms with Crippen molar-refractivity contribution in [1.82, 2.24) is 0 Å². The first-order chi connectivity index (χ1) is 7.56. The normalized spacial score (nSPS) is 10.9. The van der Waals surface area contributed by atoms with Crippen LogP contribution >= 0.6 is 0 Å². The maximum Gasteiger partial charge on any atom is 0.294 e. The molecule has 0 aliphatic heterocycles. The maximum atomic E-state index is 11.2. The highest BCUT2D eigenvalue weighted by Crippen LogP contribution is 2.13. The summed E-state index contributed by atoms with van der Waals surface area (Å²) in [5.41, 5.74) is 10.5. The molecule has 0 spiro atoms. The van der Waals surface area contributed by atoms with Crippen molar-refractivity contribution in [3.8, 4) is 0 Å². The minimum Gasteiger partial charge on any atom is -0.409 e. The Bertz CT molecular complexity index is 456. The van der Waals surface area contributed by atoms with Gasteiger partial charge < -0.3 is 22.0 Å². The number of carbonyl (C=O) groups excluding carboxylic acids is 2. The first-order valence-corrected chi connectivity index (χ1v) is 4.24. The predicted molar refractivity (Wildman–Crippen MR) is 57.0 cm³/mol. The van der Waals surface area contributed by atoms with Gasteiger partial charge in [-0.15, -0.1) is 0 Å². The van der Waals surface area contributed by atoms with E-state index in [0.29, 0.717) is 0 Å². The van der Waals surface area contributed by atoms with E-state index in [1.165, 1.54) is 12.1 Å². The van der Waals surface area contributed by atoms with Gasteiger partial charge in [0.2, 0.25) is 5.84 Å². The Kier molecular flexibility index (Phi) is 3.44. The highest BCUT2D eigenvalue weighted by molar-refractivity contribution is 6.41. The number of primary amides is 1. The summed E-state index contributed by atoms with van der Waals surface area (Å²) >= 11 is 0. The lowest BCUT2D eigenvalue weighted by molar-refractivity contribution is -0.110. The van der Waals surface area contributed by atoms with Gasteiger partial charge in [-0.25, -0.2) is 0 Å². The second-order valence-electron chi connectivity index (χ2n) is 2.85. The predicted octanol–water partition coefficient (Wildman–Crippen LogP) is -0.530. The number of para-hydroxylation sites is 1. The summed E-state index contributed by atoms with van der Waals surface area (Å²) in [7, 11) is 0. The van der Waals surface area contributed by atoms with Crippen LogP contribution in [-0.4, -0.2) is 22.9 Å². The number of oxime groups is 1. The summed E-state index contributed by atoms with van der Waals surface area (Å²) < 4.78 is 0. The summed E-state index contributed by atoms with van der Waals surface area (Å²) in [4.78, 5) is 22.2. The number of nitrogens with zero attached hydrogens (tertiary/aromatic N) is 1. The molecule has 1 aromatic rings. The summed E-state index contributed by atoms with van der Waals surface area (Å²) in [6, 6.07) is 6.13. The minimum absolute atomic E-state index is 0.140. The van der Waals surface area contributed by atoms with Crippen molar-refractivity contribution in [2.75, 3.05) is 5.32 Å². The van der Waals surface area contributed by atoms with E-state index in [-0.39, 0.29) is 11.3 Å². The molecule has 1 rings (SSSR count). The number of amidine groups is 1. The van der Waals surface area contributed by atoms with E-state index in [1.54, 1.807) is 12.1 Å². The number of anilines is 1. The molecule has 0 radical (unpaired) electrons. The molecule has 0 fully saturated rings. The van der Waals surface area contributed by atoms with Crippen molar-refractivity contribution in [2.45, 2.75) is 0 Å². The van der Waals surface area contributed by atoms with Gasteiger partial charge in [-0.05, 0) is 12.1 Å². The molecule has 0 aliphatic rings. The number of nitrogens with two attached hydrogens (primary N) is 2. The van der Waals surface area contributed by atoms with Crippen molar-refractivity contribution >= 4 is 23.3 Å². The second kappa shape index (κ2) is 4.78. The van der Waals surface area contributed by atoms with Crippen molar-refractivity contribution < 1.29 is 14.8 Å².